The van der Waals surface area contributed by atoms with Crippen molar-refractivity contribution in [2.75, 3.05) is 33.3 Å². The second kappa shape index (κ2) is 5.89. The molecule has 0 aromatic carbocycles. The molecule has 2 heterocycles. The molecule has 1 unspecified atom stereocenters. The molecular weight excluding hydrogens is 204 g/mol. The summed E-state index contributed by atoms with van der Waals surface area (Å²) in [6.07, 6.45) is 5.46. The molecule has 1 fully saturated rings. The summed E-state index contributed by atoms with van der Waals surface area (Å²) in [5, 5.41) is 3.34. The summed E-state index contributed by atoms with van der Waals surface area (Å²) in [7, 11) is 2.12. The Morgan fingerprint density at radius 1 is 1.56 bits per heavy atom. The van der Waals surface area contributed by atoms with Gasteiger partial charge in [-0.2, -0.15) is 0 Å². The Kier molecular flexibility index (Phi) is 4.21. The molecule has 0 radical (unpaired) electrons. The third-order valence-electron chi connectivity index (χ3n) is 2.64. The van der Waals surface area contributed by atoms with Gasteiger partial charge in [0.25, 0.3) is 0 Å². The van der Waals surface area contributed by atoms with Crippen LogP contribution in [0.4, 0.5) is 0 Å². The zero-order valence-electron chi connectivity index (χ0n) is 9.59. The van der Waals surface area contributed by atoms with Gasteiger partial charge in [-0.25, -0.2) is 0 Å². The van der Waals surface area contributed by atoms with E-state index >= 15 is 0 Å². The van der Waals surface area contributed by atoms with Crippen molar-refractivity contribution < 1.29 is 4.74 Å². The minimum Gasteiger partial charge on any atom is -0.374 e. The molecule has 1 aromatic rings. The van der Waals surface area contributed by atoms with E-state index in [1.165, 1.54) is 0 Å². The van der Waals surface area contributed by atoms with Crippen LogP contribution in [0, 0.1) is 0 Å². The lowest BCUT2D eigenvalue weighted by Gasteiger charge is -2.30. The zero-order chi connectivity index (χ0) is 11.2. The van der Waals surface area contributed by atoms with E-state index in [9.17, 15) is 0 Å². The smallest absolute Gasteiger partial charge is 0.0826 e. The SMILES string of the molecule is CN1CCOC(CNCc2cnccn2)C1. The molecule has 1 atom stereocenters. The number of nitrogens with zero attached hydrogens (tertiary/aromatic N) is 3. The fourth-order valence-corrected chi connectivity index (χ4v) is 1.77. The van der Waals surface area contributed by atoms with Crippen LogP contribution in [-0.4, -0.2) is 54.3 Å². The molecule has 5 nitrogen and oxygen atoms in total. The van der Waals surface area contributed by atoms with Crippen molar-refractivity contribution in [1.29, 1.82) is 0 Å². The number of ether oxygens (including phenoxy) is 1. The molecule has 88 valence electrons. The van der Waals surface area contributed by atoms with Gasteiger partial charge in [0.05, 0.1) is 18.4 Å². The molecular formula is C11H18N4O. The monoisotopic (exact) mass is 222 g/mol. The number of hydrogen-bond donors (Lipinski definition) is 1. The van der Waals surface area contributed by atoms with Gasteiger partial charge in [-0.05, 0) is 7.05 Å². The van der Waals surface area contributed by atoms with Crippen LogP contribution < -0.4 is 5.32 Å². The minimum atomic E-state index is 0.287. The highest BCUT2D eigenvalue weighted by atomic mass is 16.5. The number of aromatic nitrogens is 2. The largest absolute Gasteiger partial charge is 0.374 e. The maximum absolute atomic E-state index is 5.65. The highest BCUT2D eigenvalue weighted by molar-refractivity contribution is 4.93. The van der Waals surface area contributed by atoms with Crippen LogP contribution in [0.1, 0.15) is 5.69 Å². The first-order valence-electron chi connectivity index (χ1n) is 5.60. The lowest BCUT2D eigenvalue weighted by molar-refractivity contribution is -0.0182. The topological polar surface area (TPSA) is 50.3 Å². The number of rotatable bonds is 4. The van der Waals surface area contributed by atoms with E-state index in [4.69, 9.17) is 4.74 Å². The van der Waals surface area contributed by atoms with Gasteiger partial charge in [0.1, 0.15) is 0 Å². The highest BCUT2D eigenvalue weighted by Gasteiger charge is 2.16. The standard InChI is InChI=1S/C11H18N4O/c1-15-4-5-16-11(9-15)8-13-7-10-6-12-2-3-14-10/h2-3,6,11,13H,4-5,7-9H2,1H3. The maximum atomic E-state index is 5.65. The molecule has 1 aliphatic rings. The van der Waals surface area contributed by atoms with Crippen LogP contribution in [0.5, 0.6) is 0 Å². The average molecular weight is 222 g/mol. The van der Waals surface area contributed by atoms with Gasteiger partial charge in [-0.1, -0.05) is 0 Å². The summed E-state index contributed by atoms with van der Waals surface area (Å²) >= 11 is 0. The van der Waals surface area contributed by atoms with E-state index in [0.29, 0.717) is 0 Å². The van der Waals surface area contributed by atoms with Gasteiger partial charge in [-0.3, -0.25) is 9.97 Å². The van der Waals surface area contributed by atoms with Crippen molar-refractivity contribution in [3.05, 3.63) is 24.3 Å². The Hall–Kier alpha value is -1.04. The molecule has 0 amide bonds. The fourth-order valence-electron chi connectivity index (χ4n) is 1.77. The van der Waals surface area contributed by atoms with Crippen LogP contribution >= 0.6 is 0 Å². The maximum Gasteiger partial charge on any atom is 0.0826 e. The normalized spacial score (nSPS) is 22.2. The lowest BCUT2D eigenvalue weighted by atomic mass is 10.3. The first-order valence-corrected chi connectivity index (χ1v) is 5.60. The van der Waals surface area contributed by atoms with Crippen molar-refractivity contribution in [3.63, 3.8) is 0 Å². The summed E-state index contributed by atoms with van der Waals surface area (Å²) in [6.45, 7) is 4.46. The first-order chi connectivity index (χ1) is 7.84. The van der Waals surface area contributed by atoms with Crippen molar-refractivity contribution in [3.8, 4) is 0 Å². The molecule has 1 saturated heterocycles. The zero-order valence-corrected chi connectivity index (χ0v) is 9.59. The van der Waals surface area contributed by atoms with E-state index in [1.54, 1.807) is 18.6 Å². The van der Waals surface area contributed by atoms with Gasteiger partial charge in [0, 0.05) is 44.8 Å². The van der Waals surface area contributed by atoms with Crippen molar-refractivity contribution in [2.45, 2.75) is 12.6 Å². The van der Waals surface area contributed by atoms with Gasteiger partial charge < -0.3 is 15.0 Å². The Balaban J connectivity index is 1.68. The van der Waals surface area contributed by atoms with Crippen LogP contribution in [0.3, 0.4) is 0 Å². The summed E-state index contributed by atoms with van der Waals surface area (Å²) in [5.41, 5.74) is 0.965. The number of hydrogen-bond acceptors (Lipinski definition) is 5. The third kappa shape index (κ3) is 3.52. The molecule has 2 rings (SSSR count). The van der Waals surface area contributed by atoms with E-state index in [1.807, 2.05) is 0 Å². The fraction of sp³-hybridized carbons (Fsp3) is 0.636. The third-order valence-corrected chi connectivity index (χ3v) is 2.64. The predicted molar refractivity (Wildman–Crippen MR) is 61.0 cm³/mol. The van der Waals surface area contributed by atoms with Gasteiger partial charge in [-0.15, -0.1) is 0 Å². The van der Waals surface area contributed by atoms with Gasteiger partial charge >= 0.3 is 0 Å². The Labute approximate surface area is 95.8 Å². The van der Waals surface area contributed by atoms with Crippen LogP contribution in [0.15, 0.2) is 18.6 Å². The molecule has 0 saturated carbocycles. The van der Waals surface area contributed by atoms with Crippen LogP contribution in [-0.2, 0) is 11.3 Å². The number of likely N-dealkylation sites (N-methyl/N-ethyl adjacent to an activating group) is 1. The second-order valence-corrected chi connectivity index (χ2v) is 4.08. The second-order valence-electron chi connectivity index (χ2n) is 4.08. The quantitative estimate of drug-likeness (QED) is 0.771. The Morgan fingerprint density at radius 3 is 3.25 bits per heavy atom. The summed E-state index contributed by atoms with van der Waals surface area (Å²) in [4.78, 5) is 10.5. The van der Waals surface area contributed by atoms with E-state index in [0.717, 1.165) is 38.5 Å². The molecule has 0 aliphatic carbocycles. The van der Waals surface area contributed by atoms with Crippen LogP contribution in [0.2, 0.25) is 0 Å². The Bertz CT molecular complexity index is 306. The summed E-state index contributed by atoms with van der Waals surface area (Å²) in [6, 6.07) is 0. The number of morpholine rings is 1. The van der Waals surface area contributed by atoms with E-state index < -0.39 is 0 Å². The van der Waals surface area contributed by atoms with Crippen molar-refractivity contribution in [1.82, 2.24) is 20.2 Å². The predicted octanol–water partition coefficient (Wildman–Crippen LogP) is -0.103. The molecule has 1 N–H and O–H groups in total. The minimum absolute atomic E-state index is 0.287. The van der Waals surface area contributed by atoms with Gasteiger partial charge in [0.2, 0.25) is 0 Å². The molecule has 0 spiro atoms. The van der Waals surface area contributed by atoms with E-state index in [-0.39, 0.29) is 6.10 Å². The number of nitrogens with one attached hydrogen (secondary N) is 1. The summed E-state index contributed by atoms with van der Waals surface area (Å²) < 4.78 is 5.65. The highest BCUT2D eigenvalue weighted by Crippen LogP contribution is 2.01. The average Bonchev–Trinajstić information content (AvgIpc) is 2.30. The van der Waals surface area contributed by atoms with Crippen molar-refractivity contribution in [2.24, 2.45) is 0 Å². The van der Waals surface area contributed by atoms with Crippen molar-refractivity contribution >= 4 is 0 Å². The molecule has 1 aromatic heterocycles. The van der Waals surface area contributed by atoms with E-state index in [2.05, 4.69) is 27.2 Å². The van der Waals surface area contributed by atoms with Crippen LogP contribution in [0.25, 0.3) is 0 Å². The summed E-state index contributed by atoms with van der Waals surface area (Å²) in [5.74, 6) is 0. The molecule has 0 bridgehead atoms. The molecule has 5 heteroatoms. The van der Waals surface area contributed by atoms with Gasteiger partial charge in [0.15, 0.2) is 0 Å². The molecule has 16 heavy (non-hydrogen) atoms. The Morgan fingerprint density at radius 2 is 2.50 bits per heavy atom. The first kappa shape index (κ1) is 11.4. The molecule has 1 aliphatic heterocycles. The lowest BCUT2D eigenvalue weighted by Crippen LogP contribution is -2.44.